The number of carbonyl (C=O) groups excluding carboxylic acids is 1. The van der Waals surface area contributed by atoms with Gasteiger partial charge in [0.25, 0.3) is 0 Å². The number of nitrogens with two attached hydrogens (primary N) is 1. The fourth-order valence-electron chi connectivity index (χ4n) is 2.75. The highest BCUT2D eigenvalue weighted by molar-refractivity contribution is 5.94. The van der Waals surface area contributed by atoms with E-state index in [1.54, 1.807) is 34.9 Å². The molecule has 0 fully saturated rings. The fraction of sp³-hybridized carbons (Fsp3) is 0.118. The number of ketones is 1. The second-order valence-electron chi connectivity index (χ2n) is 5.68. The molecule has 8 nitrogen and oxygen atoms in total. The molecule has 0 aliphatic rings. The zero-order valence-corrected chi connectivity index (χ0v) is 13.5. The van der Waals surface area contributed by atoms with E-state index in [2.05, 4.69) is 20.1 Å². The third-order valence-corrected chi connectivity index (χ3v) is 3.99. The Morgan fingerprint density at radius 3 is 2.92 bits per heavy atom. The zero-order chi connectivity index (χ0) is 17.4. The molecule has 3 heterocycles. The SMILES string of the molecule is Cn1ccnc1C(=O)Cc1cccc(-n2ncc3c(N)ncnc32)c1. The fourth-order valence-corrected chi connectivity index (χ4v) is 2.75. The highest BCUT2D eigenvalue weighted by atomic mass is 16.1. The Labute approximate surface area is 143 Å². The highest BCUT2D eigenvalue weighted by Gasteiger charge is 2.13. The van der Waals surface area contributed by atoms with E-state index in [9.17, 15) is 4.79 Å². The van der Waals surface area contributed by atoms with Crippen molar-refractivity contribution in [1.29, 1.82) is 0 Å². The molecular weight excluding hydrogens is 318 g/mol. The molecule has 0 saturated heterocycles. The minimum absolute atomic E-state index is 0.0402. The minimum atomic E-state index is -0.0402. The molecule has 124 valence electrons. The maximum Gasteiger partial charge on any atom is 0.202 e. The number of carbonyl (C=O) groups is 1. The van der Waals surface area contributed by atoms with E-state index >= 15 is 0 Å². The Hall–Kier alpha value is -3.55. The van der Waals surface area contributed by atoms with Crippen molar-refractivity contribution in [3.63, 3.8) is 0 Å². The number of aromatic nitrogens is 6. The van der Waals surface area contributed by atoms with Crippen LogP contribution >= 0.6 is 0 Å². The molecule has 0 saturated carbocycles. The second-order valence-corrected chi connectivity index (χ2v) is 5.68. The molecule has 3 aromatic heterocycles. The number of hydrogen-bond donors (Lipinski definition) is 1. The number of fused-ring (bicyclic) bond motifs is 1. The van der Waals surface area contributed by atoms with Crippen molar-refractivity contribution in [1.82, 2.24) is 29.3 Å². The summed E-state index contributed by atoms with van der Waals surface area (Å²) in [6, 6.07) is 7.60. The van der Waals surface area contributed by atoms with Gasteiger partial charge in [0.15, 0.2) is 11.5 Å². The Kier molecular flexibility index (Phi) is 3.50. The van der Waals surface area contributed by atoms with Crippen LogP contribution in [-0.2, 0) is 13.5 Å². The first kappa shape index (κ1) is 15.0. The van der Waals surface area contributed by atoms with E-state index in [1.165, 1.54) is 6.33 Å². The van der Waals surface area contributed by atoms with Gasteiger partial charge in [-0.15, -0.1) is 0 Å². The average Bonchev–Trinajstić information content (AvgIpc) is 3.22. The van der Waals surface area contributed by atoms with Crippen molar-refractivity contribution in [2.24, 2.45) is 7.05 Å². The maximum atomic E-state index is 12.4. The van der Waals surface area contributed by atoms with Gasteiger partial charge < -0.3 is 10.3 Å². The van der Waals surface area contributed by atoms with Gasteiger partial charge >= 0.3 is 0 Å². The Bertz CT molecular complexity index is 1080. The summed E-state index contributed by atoms with van der Waals surface area (Å²) in [6.45, 7) is 0. The van der Waals surface area contributed by atoms with Crippen molar-refractivity contribution in [3.8, 4) is 5.69 Å². The van der Waals surface area contributed by atoms with Crippen LogP contribution in [0.5, 0.6) is 0 Å². The summed E-state index contributed by atoms with van der Waals surface area (Å²) in [5.41, 5.74) is 8.15. The van der Waals surface area contributed by atoms with Crippen molar-refractivity contribution in [2.75, 3.05) is 5.73 Å². The van der Waals surface area contributed by atoms with Gasteiger partial charge in [0.2, 0.25) is 5.78 Å². The third-order valence-electron chi connectivity index (χ3n) is 3.99. The van der Waals surface area contributed by atoms with Crippen LogP contribution in [0.1, 0.15) is 16.2 Å². The number of hydrogen-bond acceptors (Lipinski definition) is 6. The lowest BCUT2D eigenvalue weighted by atomic mass is 10.1. The van der Waals surface area contributed by atoms with Crippen LogP contribution in [0.2, 0.25) is 0 Å². The predicted octanol–water partition coefficient (Wildman–Crippen LogP) is 1.56. The molecule has 8 heteroatoms. The number of benzene rings is 1. The quantitative estimate of drug-likeness (QED) is 0.568. The first-order valence-corrected chi connectivity index (χ1v) is 7.67. The summed E-state index contributed by atoms with van der Waals surface area (Å²) in [7, 11) is 1.80. The summed E-state index contributed by atoms with van der Waals surface area (Å²) >= 11 is 0. The van der Waals surface area contributed by atoms with E-state index in [1.807, 2.05) is 24.3 Å². The molecule has 0 aliphatic heterocycles. The molecule has 0 aliphatic carbocycles. The Morgan fingerprint density at radius 1 is 1.24 bits per heavy atom. The number of nitrogens with zero attached hydrogens (tertiary/aromatic N) is 6. The van der Waals surface area contributed by atoms with Gasteiger partial charge in [-0.05, 0) is 17.7 Å². The average molecular weight is 333 g/mol. The van der Waals surface area contributed by atoms with Gasteiger partial charge in [0.1, 0.15) is 12.1 Å². The molecule has 4 rings (SSSR count). The summed E-state index contributed by atoms with van der Waals surface area (Å²) in [5.74, 6) is 0.786. The smallest absolute Gasteiger partial charge is 0.202 e. The van der Waals surface area contributed by atoms with Gasteiger partial charge in [-0.1, -0.05) is 12.1 Å². The lowest BCUT2D eigenvalue weighted by Gasteiger charge is -2.06. The van der Waals surface area contributed by atoms with Crippen LogP contribution in [0.4, 0.5) is 5.82 Å². The summed E-state index contributed by atoms with van der Waals surface area (Å²) < 4.78 is 3.40. The number of anilines is 1. The van der Waals surface area contributed by atoms with Crippen LogP contribution in [0, 0.1) is 0 Å². The van der Waals surface area contributed by atoms with Crippen molar-refractivity contribution in [3.05, 3.63) is 60.6 Å². The highest BCUT2D eigenvalue weighted by Crippen LogP contribution is 2.20. The molecule has 0 amide bonds. The summed E-state index contributed by atoms with van der Waals surface area (Å²) in [5, 5.41) is 5.04. The van der Waals surface area contributed by atoms with E-state index in [4.69, 9.17) is 5.73 Å². The Balaban J connectivity index is 1.68. The van der Waals surface area contributed by atoms with Gasteiger partial charge in [-0.3, -0.25) is 4.79 Å². The molecule has 0 unspecified atom stereocenters. The van der Waals surface area contributed by atoms with Crippen LogP contribution in [0.15, 0.2) is 49.2 Å². The summed E-state index contributed by atoms with van der Waals surface area (Å²) in [6.07, 6.45) is 6.67. The molecule has 0 radical (unpaired) electrons. The number of aryl methyl sites for hydroxylation is 1. The van der Waals surface area contributed by atoms with E-state index < -0.39 is 0 Å². The van der Waals surface area contributed by atoms with Crippen molar-refractivity contribution >= 4 is 22.6 Å². The number of nitrogen functional groups attached to an aromatic ring is 1. The van der Waals surface area contributed by atoms with Gasteiger partial charge in [0.05, 0.1) is 17.3 Å². The van der Waals surface area contributed by atoms with Gasteiger partial charge in [0, 0.05) is 25.9 Å². The molecule has 0 atom stereocenters. The topological polar surface area (TPSA) is 105 Å². The van der Waals surface area contributed by atoms with Crippen LogP contribution in [0.3, 0.4) is 0 Å². The van der Waals surface area contributed by atoms with E-state index in [0.717, 1.165) is 11.3 Å². The van der Waals surface area contributed by atoms with Crippen molar-refractivity contribution < 1.29 is 4.79 Å². The number of imidazole rings is 1. The summed E-state index contributed by atoms with van der Waals surface area (Å²) in [4.78, 5) is 24.7. The standard InChI is InChI=1S/C17H15N7O/c1-23-6-5-19-17(23)14(25)8-11-3-2-4-12(7-11)24-16-13(9-22-24)15(18)20-10-21-16/h2-7,9-10H,8H2,1H3,(H2,18,20,21). The van der Waals surface area contributed by atoms with Gasteiger partial charge in [-0.25, -0.2) is 19.6 Å². The first-order chi connectivity index (χ1) is 12.1. The molecule has 2 N–H and O–H groups in total. The molecule has 0 spiro atoms. The van der Waals surface area contributed by atoms with Gasteiger partial charge in [-0.2, -0.15) is 5.10 Å². The second kappa shape index (κ2) is 5.82. The van der Waals surface area contributed by atoms with E-state index in [-0.39, 0.29) is 12.2 Å². The molecular formula is C17H15N7O. The maximum absolute atomic E-state index is 12.4. The zero-order valence-electron chi connectivity index (χ0n) is 13.5. The molecule has 1 aromatic carbocycles. The minimum Gasteiger partial charge on any atom is -0.383 e. The number of Topliss-reactive ketones (excluding diaryl/α,β-unsaturated/α-hetero) is 1. The van der Waals surface area contributed by atoms with Crippen molar-refractivity contribution in [2.45, 2.75) is 6.42 Å². The normalized spacial score (nSPS) is 11.1. The number of rotatable bonds is 4. The monoisotopic (exact) mass is 333 g/mol. The van der Waals surface area contributed by atoms with Crippen LogP contribution < -0.4 is 5.73 Å². The largest absolute Gasteiger partial charge is 0.383 e. The van der Waals surface area contributed by atoms with Crippen LogP contribution in [0.25, 0.3) is 16.7 Å². The molecule has 0 bridgehead atoms. The first-order valence-electron chi connectivity index (χ1n) is 7.67. The molecule has 4 aromatic rings. The third kappa shape index (κ3) is 2.63. The lowest BCUT2D eigenvalue weighted by molar-refractivity contribution is 0.0980. The molecule has 25 heavy (non-hydrogen) atoms. The Morgan fingerprint density at radius 2 is 2.12 bits per heavy atom. The predicted molar refractivity (Wildman–Crippen MR) is 92.3 cm³/mol. The van der Waals surface area contributed by atoms with E-state index in [0.29, 0.717) is 22.7 Å². The van der Waals surface area contributed by atoms with Crippen LogP contribution in [-0.4, -0.2) is 35.1 Å². The lowest BCUT2D eigenvalue weighted by Crippen LogP contribution is -2.10.